The normalized spacial score (nSPS) is 38.2. The molecule has 4 aliphatic rings. The first-order valence-corrected chi connectivity index (χ1v) is 16.3. The zero-order valence-corrected chi connectivity index (χ0v) is 26.3. The predicted molar refractivity (Wildman–Crippen MR) is 166 cm³/mol. The Morgan fingerprint density at radius 3 is 2.38 bits per heavy atom. The van der Waals surface area contributed by atoms with Crippen LogP contribution in [0, 0.1) is 52.3 Å². The summed E-state index contributed by atoms with van der Waals surface area (Å²) in [6.45, 7) is 13.1. The molecule has 9 atom stereocenters. The Labute approximate surface area is 245 Å². The maximum atomic E-state index is 13.4. The third kappa shape index (κ3) is 5.70. The molecule has 0 spiro atoms. The van der Waals surface area contributed by atoms with Crippen molar-refractivity contribution in [1.82, 2.24) is 5.32 Å². The molecular weight excluding hydrogens is 500 g/mol. The Kier molecular flexibility index (Phi) is 9.85. The van der Waals surface area contributed by atoms with Crippen LogP contribution in [0.5, 0.6) is 0 Å². The number of nitrogens with one attached hydrogen (secondary N) is 1. The minimum atomic E-state index is 0. The number of carbonyl (C=O) groups is 1. The topological polar surface area (TPSA) is 55.1 Å². The van der Waals surface area contributed by atoms with Crippen molar-refractivity contribution in [2.75, 3.05) is 0 Å². The highest BCUT2D eigenvalue weighted by Gasteiger charge is 2.62. The Morgan fingerprint density at radius 1 is 0.949 bits per heavy atom. The maximum Gasteiger partial charge on any atom is 0.251 e. The minimum absolute atomic E-state index is 0. The van der Waals surface area contributed by atoms with Gasteiger partial charge >= 0.3 is 0 Å². The molecule has 4 aliphatic carbocycles. The molecule has 4 heteroatoms. The van der Waals surface area contributed by atoms with Crippen LogP contribution in [0.1, 0.15) is 128 Å². The van der Waals surface area contributed by atoms with Gasteiger partial charge in [-0.3, -0.25) is 4.79 Å². The van der Waals surface area contributed by atoms with E-state index in [1.54, 1.807) is 0 Å². The third-order valence-corrected chi connectivity index (χ3v) is 12.7. The molecule has 5 rings (SSSR count). The van der Waals surface area contributed by atoms with E-state index in [1.165, 1.54) is 70.6 Å². The first-order chi connectivity index (χ1) is 18.2. The number of hydrogen-bond donors (Lipinski definition) is 2. The fraction of sp³-hybridized carbons (Fsp3) is 0.800. The fourth-order valence-corrected chi connectivity index (χ4v) is 10.6. The third-order valence-electron chi connectivity index (χ3n) is 12.7. The summed E-state index contributed by atoms with van der Waals surface area (Å²) in [6.07, 6.45) is 16.4. The summed E-state index contributed by atoms with van der Waals surface area (Å²) in [5.41, 5.74) is 8.40. The molecule has 3 N–H and O–H groups in total. The van der Waals surface area contributed by atoms with E-state index in [0.29, 0.717) is 18.0 Å². The standard InChI is InChI=1S/C35H56N2O.ClH/c1-23(2)8-6-9-24(3)29-18-19-30-28-17-16-27-10-7-11-32(35(27,5)31(28)20-21-34(29,30)4)37-33(38)26-14-12-25(22-36)13-15-26;/h12-15,23-24,27-32H,6-11,16-22,36H2,1-5H3,(H,37,38);1H/t24-,27?,28+,29-,30+,31+,32?,34-,35+;/m1./s1. The zero-order chi connectivity index (χ0) is 27.1. The molecule has 4 saturated carbocycles. The molecule has 4 fully saturated rings. The molecule has 220 valence electrons. The van der Waals surface area contributed by atoms with Crippen LogP contribution in [0.3, 0.4) is 0 Å². The molecule has 0 aliphatic heterocycles. The van der Waals surface area contributed by atoms with E-state index in [4.69, 9.17) is 5.73 Å². The number of nitrogens with two attached hydrogens (primary N) is 1. The lowest BCUT2D eigenvalue weighted by molar-refractivity contribution is -0.126. The number of hydrogen-bond acceptors (Lipinski definition) is 2. The van der Waals surface area contributed by atoms with E-state index in [1.807, 2.05) is 24.3 Å². The zero-order valence-electron chi connectivity index (χ0n) is 25.5. The predicted octanol–water partition coefficient (Wildman–Crippen LogP) is 8.79. The van der Waals surface area contributed by atoms with Crippen molar-refractivity contribution in [2.45, 2.75) is 124 Å². The summed E-state index contributed by atoms with van der Waals surface area (Å²) in [4.78, 5) is 13.4. The summed E-state index contributed by atoms with van der Waals surface area (Å²) in [6, 6.07) is 8.21. The van der Waals surface area contributed by atoms with Gasteiger partial charge in [-0.05, 0) is 121 Å². The molecular formula is C35H57ClN2O. The Balaban J connectivity index is 0.00000353. The van der Waals surface area contributed by atoms with Crippen LogP contribution in [0.15, 0.2) is 24.3 Å². The Bertz CT molecular complexity index is 962. The molecule has 3 nitrogen and oxygen atoms in total. The van der Waals surface area contributed by atoms with Gasteiger partial charge in [0.25, 0.3) is 5.91 Å². The molecule has 1 amide bonds. The fourth-order valence-electron chi connectivity index (χ4n) is 10.6. The molecule has 39 heavy (non-hydrogen) atoms. The second-order valence-electron chi connectivity index (χ2n) is 14.9. The number of rotatable bonds is 8. The average Bonchev–Trinajstić information content (AvgIpc) is 3.26. The highest BCUT2D eigenvalue weighted by Crippen LogP contribution is 2.68. The lowest BCUT2D eigenvalue weighted by Crippen LogP contribution is -2.61. The molecule has 1 aromatic rings. The first kappa shape index (κ1) is 30.9. The van der Waals surface area contributed by atoms with Crippen molar-refractivity contribution in [1.29, 1.82) is 0 Å². The van der Waals surface area contributed by atoms with Crippen molar-refractivity contribution in [3.8, 4) is 0 Å². The minimum Gasteiger partial charge on any atom is -0.349 e. The lowest BCUT2D eigenvalue weighted by atomic mass is 9.43. The van der Waals surface area contributed by atoms with Crippen LogP contribution >= 0.6 is 12.4 Å². The highest BCUT2D eigenvalue weighted by atomic mass is 35.5. The average molecular weight is 557 g/mol. The van der Waals surface area contributed by atoms with Gasteiger partial charge < -0.3 is 11.1 Å². The summed E-state index contributed by atoms with van der Waals surface area (Å²) in [7, 11) is 0. The Hall–Kier alpha value is -1.06. The van der Waals surface area contributed by atoms with E-state index < -0.39 is 0 Å². The molecule has 0 heterocycles. The monoisotopic (exact) mass is 556 g/mol. The van der Waals surface area contributed by atoms with Gasteiger partial charge in [0.15, 0.2) is 0 Å². The van der Waals surface area contributed by atoms with Crippen LogP contribution in [-0.2, 0) is 6.54 Å². The first-order valence-electron chi connectivity index (χ1n) is 16.3. The number of amides is 1. The van der Waals surface area contributed by atoms with E-state index in [9.17, 15) is 4.79 Å². The van der Waals surface area contributed by atoms with Crippen molar-refractivity contribution in [3.63, 3.8) is 0 Å². The second kappa shape index (κ2) is 12.4. The van der Waals surface area contributed by atoms with Gasteiger partial charge in [-0.2, -0.15) is 0 Å². The number of benzene rings is 1. The number of fused-ring (bicyclic) bond motifs is 5. The van der Waals surface area contributed by atoms with Crippen molar-refractivity contribution < 1.29 is 4.79 Å². The van der Waals surface area contributed by atoms with Crippen molar-refractivity contribution in [2.24, 2.45) is 58.0 Å². The van der Waals surface area contributed by atoms with E-state index in [0.717, 1.165) is 59.0 Å². The quantitative estimate of drug-likeness (QED) is 0.336. The largest absolute Gasteiger partial charge is 0.349 e. The molecule has 2 unspecified atom stereocenters. The number of carbonyl (C=O) groups excluding carboxylic acids is 1. The summed E-state index contributed by atoms with van der Waals surface area (Å²) in [5.74, 6) is 5.97. The van der Waals surface area contributed by atoms with Crippen molar-refractivity contribution in [3.05, 3.63) is 35.4 Å². The molecule has 0 radical (unpaired) electrons. The van der Waals surface area contributed by atoms with Gasteiger partial charge in [-0.25, -0.2) is 0 Å². The van der Waals surface area contributed by atoms with Crippen LogP contribution in [-0.4, -0.2) is 11.9 Å². The second-order valence-corrected chi connectivity index (χ2v) is 14.9. The van der Waals surface area contributed by atoms with E-state index in [2.05, 4.69) is 39.9 Å². The van der Waals surface area contributed by atoms with E-state index >= 15 is 0 Å². The molecule has 0 aromatic heterocycles. The lowest BCUT2D eigenvalue weighted by Gasteiger charge is -2.63. The number of halogens is 1. The molecule has 0 bridgehead atoms. The van der Waals surface area contributed by atoms with Gasteiger partial charge in [0.1, 0.15) is 0 Å². The van der Waals surface area contributed by atoms with Crippen molar-refractivity contribution >= 4 is 18.3 Å². The van der Waals surface area contributed by atoms with Gasteiger partial charge in [-0.1, -0.05) is 72.4 Å². The van der Waals surface area contributed by atoms with Crippen LogP contribution in [0.4, 0.5) is 0 Å². The molecule has 0 saturated heterocycles. The van der Waals surface area contributed by atoms with E-state index in [-0.39, 0.29) is 23.7 Å². The summed E-state index contributed by atoms with van der Waals surface area (Å²) >= 11 is 0. The van der Waals surface area contributed by atoms with Crippen LogP contribution in [0.2, 0.25) is 0 Å². The van der Waals surface area contributed by atoms with Gasteiger partial charge in [0, 0.05) is 18.2 Å². The van der Waals surface area contributed by atoms with Crippen LogP contribution in [0.25, 0.3) is 0 Å². The van der Waals surface area contributed by atoms with Gasteiger partial charge in [-0.15, -0.1) is 12.4 Å². The van der Waals surface area contributed by atoms with Crippen LogP contribution < -0.4 is 11.1 Å². The Morgan fingerprint density at radius 2 is 1.69 bits per heavy atom. The van der Waals surface area contributed by atoms with Gasteiger partial charge in [0.05, 0.1) is 0 Å². The maximum absolute atomic E-state index is 13.4. The smallest absolute Gasteiger partial charge is 0.251 e. The summed E-state index contributed by atoms with van der Waals surface area (Å²) in [5, 5.41) is 3.60. The molecule has 1 aromatic carbocycles. The highest BCUT2D eigenvalue weighted by molar-refractivity contribution is 5.94. The van der Waals surface area contributed by atoms with Gasteiger partial charge in [0.2, 0.25) is 0 Å². The summed E-state index contributed by atoms with van der Waals surface area (Å²) < 4.78 is 0. The SMILES string of the molecule is CC(C)CCC[C@@H](C)[C@H]1CC[C@H]2[C@@H]3CCC4CCCC(NC(=O)c5ccc(CN)cc5)[C@]4(C)[C@H]3CC[C@]12C.Cl.